The van der Waals surface area contributed by atoms with E-state index < -0.39 is 0 Å². The zero-order valence-electron chi connectivity index (χ0n) is 7.53. The molecular formula is C8H13N3O. The van der Waals surface area contributed by atoms with E-state index in [2.05, 4.69) is 15.3 Å². The molecule has 0 saturated heterocycles. The van der Waals surface area contributed by atoms with Crippen LogP contribution < -0.4 is 10.1 Å². The van der Waals surface area contributed by atoms with Crippen molar-refractivity contribution in [3.63, 3.8) is 0 Å². The lowest BCUT2D eigenvalue weighted by Crippen LogP contribution is -2.11. The van der Waals surface area contributed by atoms with Crippen molar-refractivity contribution in [1.82, 2.24) is 9.97 Å². The number of anilines is 1. The van der Waals surface area contributed by atoms with E-state index in [4.69, 9.17) is 4.74 Å². The maximum atomic E-state index is 5.03. The van der Waals surface area contributed by atoms with Crippen LogP contribution in [0.15, 0.2) is 12.5 Å². The molecule has 1 aromatic rings. The van der Waals surface area contributed by atoms with Gasteiger partial charge in [0, 0.05) is 6.04 Å². The third-order valence-electron chi connectivity index (χ3n) is 1.31. The van der Waals surface area contributed by atoms with Crippen molar-refractivity contribution in [2.75, 3.05) is 12.4 Å². The van der Waals surface area contributed by atoms with Crippen LogP contribution in [0.4, 0.5) is 5.69 Å². The molecule has 4 nitrogen and oxygen atoms in total. The summed E-state index contributed by atoms with van der Waals surface area (Å²) in [6.45, 7) is 4.10. The second kappa shape index (κ2) is 3.90. The fraction of sp³-hybridized carbons (Fsp3) is 0.500. The molecule has 0 saturated carbocycles. The van der Waals surface area contributed by atoms with Gasteiger partial charge in [-0.3, -0.25) is 0 Å². The highest BCUT2D eigenvalue weighted by molar-refractivity contribution is 5.50. The number of aromatic nitrogens is 2. The van der Waals surface area contributed by atoms with E-state index in [9.17, 15) is 0 Å². The average Bonchev–Trinajstić information content (AvgIpc) is 2.04. The molecule has 1 rings (SSSR count). The number of methoxy groups -OCH3 is 1. The van der Waals surface area contributed by atoms with Gasteiger partial charge in [-0.05, 0) is 13.8 Å². The molecule has 1 heterocycles. The normalized spacial score (nSPS) is 10.0. The van der Waals surface area contributed by atoms with Crippen LogP contribution in [0.25, 0.3) is 0 Å². The van der Waals surface area contributed by atoms with E-state index in [-0.39, 0.29) is 0 Å². The first-order chi connectivity index (χ1) is 5.74. The third kappa shape index (κ3) is 2.08. The molecule has 0 spiro atoms. The largest absolute Gasteiger partial charge is 0.479 e. The predicted molar refractivity (Wildman–Crippen MR) is 47.3 cm³/mol. The van der Waals surface area contributed by atoms with Crippen LogP contribution in [0.5, 0.6) is 5.88 Å². The molecule has 4 heteroatoms. The highest BCUT2D eigenvalue weighted by Gasteiger charge is 2.03. The Morgan fingerprint density at radius 2 is 2.25 bits per heavy atom. The summed E-state index contributed by atoms with van der Waals surface area (Å²) in [5.74, 6) is 0.582. The van der Waals surface area contributed by atoms with Crippen molar-refractivity contribution in [2.24, 2.45) is 0 Å². The van der Waals surface area contributed by atoms with E-state index >= 15 is 0 Å². The van der Waals surface area contributed by atoms with Gasteiger partial charge in [-0.25, -0.2) is 9.97 Å². The quantitative estimate of drug-likeness (QED) is 0.737. The lowest BCUT2D eigenvalue weighted by atomic mass is 10.3. The Morgan fingerprint density at radius 1 is 1.50 bits per heavy atom. The first-order valence-electron chi connectivity index (χ1n) is 3.84. The molecular weight excluding hydrogens is 154 g/mol. The number of hydrogen-bond acceptors (Lipinski definition) is 4. The second-order valence-corrected chi connectivity index (χ2v) is 2.74. The summed E-state index contributed by atoms with van der Waals surface area (Å²) >= 11 is 0. The van der Waals surface area contributed by atoms with Gasteiger partial charge in [-0.15, -0.1) is 0 Å². The standard InChI is InChI=1S/C8H13N3O/c1-6(2)11-7-4-9-5-10-8(7)12-3/h4-6,11H,1-3H3. The van der Waals surface area contributed by atoms with Crippen molar-refractivity contribution in [2.45, 2.75) is 19.9 Å². The summed E-state index contributed by atoms with van der Waals surface area (Å²) in [5, 5.41) is 3.17. The summed E-state index contributed by atoms with van der Waals surface area (Å²) in [5.41, 5.74) is 0.829. The summed E-state index contributed by atoms with van der Waals surface area (Å²) < 4.78 is 5.03. The average molecular weight is 167 g/mol. The Hall–Kier alpha value is -1.32. The minimum Gasteiger partial charge on any atom is -0.479 e. The van der Waals surface area contributed by atoms with E-state index in [0.29, 0.717) is 11.9 Å². The molecule has 0 unspecified atom stereocenters. The molecule has 0 fully saturated rings. The Labute approximate surface area is 72.0 Å². The highest BCUT2D eigenvalue weighted by atomic mass is 16.5. The molecule has 0 amide bonds. The Bertz CT molecular complexity index is 250. The number of ether oxygens (including phenoxy) is 1. The van der Waals surface area contributed by atoms with Gasteiger partial charge < -0.3 is 10.1 Å². The summed E-state index contributed by atoms with van der Waals surface area (Å²) in [4.78, 5) is 7.85. The first kappa shape index (κ1) is 8.77. The maximum Gasteiger partial charge on any atom is 0.240 e. The monoisotopic (exact) mass is 167 g/mol. The Morgan fingerprint density at radius 3 is 2.83 bits per heavy atom. The molecule has 12 heavy (non-hydrogen) atoms. The highest BCUT2D eigenvalue weighted by Crippen LogP contribution is 2.18. The van der Waals surface area contributed by atoms with Crippen molar-refractivity contribution in [3.05, 3.63) is 12.5 Å². The minimum absolute atomic E-state index is 0.352. The first-order valence-corrected chi connectivity index (χ1v) is 3.84. The third-order valence-corrected chi connectivity index (χ3v) is 1.31. The lowest BCUT2D eigenvalue weighted by Gasteiger charge is -2.11. The summed E-state index contributed by atoms with van der Waals surface area (Å²) in [6, 6.07) is 0.352. The fourth-order valence-electron chi connectivity index (χ4n) is 0.891. The SMILES string of the molecule is COc1ncncc1NC(C)C. The Balaban J connectivity index is 2.82. The van der Waals surface area contributed by atoms with Gasteiger partial charge in [-0.2, -0.15) is 0 Å². The molecule has 1 N–H and O–H groups in total. The molecule has 0 aliphatic rings. The number of nitrogens with one attached hydrogen (secondary N) is 1. The lowest BCUT2D eigenvalue weighted by molar-refractivity contribution is 0.398. The topological polar surface area (TPSA) is 47.0 Å². The zero-order valence-corrected chi connectivity index (χ0v) is 7.53. The van der Waals surface area contributed by atoms with E-state index in [1.54, 1.807) is 13.3 Å². The van der Waals surface area contributed by atoms with E-state index in [1.165, 1.54) is 6.33 Å². The molecule has 0 aliphatic heterocycles. The minimum atomic E-state index is 0.352. The fourth-order valence-corrected chi connectivity index (χ4v) is 0.891. The number of rotatable bonds is 3. The van der Waals surface area contributed by atoms with Crippen LogP contribution in [0.1, 0.15) is 13.8 Å². The van der Waals surface area contributed by atoms with Crippen LogP contribution in [0.3, 0.4) is 0 Å². The van der Waals surface area contributed by atoms with Gasteiger partial charge in [0.05, 0.1) is 13.3 Å². The second-order valence-electron chi connectivity index (χ2n) is 2.74. The van der Waals surface area contributed by atoms with Crippen LogP contribution in [-0.2, 0) is 0 Å². The van der Waals surface area contributed by atoms with Gasteiger partial charge in [-0.1, -0.05) is 0 Å². The van der Waals surface area contributed by atoms with Crippen molar-refractivity contribution in [1.29, 1.82) is 0 Å². The van der Waals surface area contributed by atoms with Gasteiger partial charge in [0.25, 0.3) is 0 Å². The molecule has 0 atom stereocenters. The molecule has 0 radical (unpaired) electrons. The predicted octanol–water partition coefficient (Wildman–Crippen LogP) is 1.31. The summed E-state index contributed by atoms with van der Waals surface area (Å²) in [7, 11) is 1.59. The number of nitrogens with zero attached hydrogens (tertiary/aromatic N) is 2. The Kier molecular flexibility index (Phi) is 2.85. The van der Waals surface area contributed by atoms with Crippen LogP contribution in [-0.4, -0.2) is 23.1 Å². The van der Waals surface area contributed by atoms with Crippen LogP contribution in [0.2, 0.25) is 0 Å². The van der Waals surface area contributed by atoms with Gasteiger partial charge in [0.1, 0.15) is 12.0 Å². The molecule has 1 aromatic heterocycles. The van der Waals surface area contributed by atoms with Crippen molar-refractivity contribution >= 4 is 5.69 Å². The van der Waals surface area contributed by atoms with Crippen LogP contribution >= 0.6 is 0 Å². The molecule has 66 valence electrons. The maximum absolute atomic E-state index is 5.03. The zero-order chi connectivity index (χ0) is 8.97. The van der Waals surface area contributed by atoms with Crippen LogP contribution in [0, 0.1) is 0 Å². The van der Waals surface area contributed by atoms with E-state index in [1.807, 2.05) is 13.8 Å². The van der Waals surface area contributed by atoms with E-state index in [0.717, 1.165) is 5.69 Å². The molecule has 0 aromatic carbocycles. The van der Waals surface area contributed by atoms with Crippen molar-refractivity contribution in [3.8, 4) is 5.88 Å². The smallest absolute Gasteiger partial charge is 0.240 e. The van der Waals surface area contributed by atoms with Crippen molar-refractivity contribution < 1.29 is 4.74 Å². The van der Waals surface area contributed by atoms with Gasteiger partial charge in [0.2, 0.25) is 5.88 Å². The summed E-state index contributed by atoms with van der Waals surface area (Å²) in [6.07, 6.45) is 3.16. The van der Waals surface area contributed by atoms with Gasteiger partial charge in [0.15, 0.2) is 0 Å². The number of hydrogen-bond donors (Lipinski definition) is 1. The molecule has 0 bridgehead atoms. The van der Waals surface area contributed by atoms with Gasteiger partial charge >= 0.3 is 0 Å². The molecule has 0 aliphatic carbocycles.